The van der Waals surface area contributed by atoms with Crippen molar-refractivity contribution in [3.63, 3.8) is 0 Å². The van der Waals surface area contributed by atoms with Crippen LogP contribution in [0.3, 0.4) is 0 Å². The number of hydrogen-bond donors (Lipinski definition) is 1. The minimum atomic E-state index is 0.478. The molecule has 0 saturated carbocycles. The van der Waals surface area contributed by atoms with Crippen LogP contribution in [-0.2, 0) is 0 Å². The molecular weight excluding hydrogens is 272 g/mol. The van der Waals surface area contributed by atoms with Gasteiger partial charge in [0.2, 0.25) is 0 Å². The predicted molar refractivity (Wildman–Crippen MR) is 90.1 cm³/mol. The lowest BCUT2D eigenvalue weighted by molar-refractivity contribution is 0.225. The molecule has 3 heterocycles. The van der Waals surface area contributed by atoms with Gasteiger partial charge in [-0.25, -0.2) is 4.98 Å². The molecule has 2 aromatic heterocycles. The van der Waals surface area contributed by atoms with Crippen molar-refractivity contribution in [3.8, 4) is 0 Å². The molecule has 0 spiro atoms. The van der Waals surface area contributed by atoms with E-state index in [1.165, 1.54) is 25.1 Å². The molecule has 0 amide bonds. The van der Waals surface area contributed by atoms with E-state index in [0.717, 1.165) is 18.1 Å². The lowest BCUT2D eigenvalue weighted by Crippen LogP contribution is -2.27. The van der Waals surface area contributed by atoms with Crippen molar-refractivity contribution in [1.82, 2.24) is 14.9 Å². The summed E-state index contributed by atoms with van der Waals surface area (Å²) in [4.78, 5) is 11.5. The highest BCUT2D eigenvalue weighted by molar-refractivity contribution is 5.54. The summed E-state index contributed by atoms with van der Waals surface area (Å²) in [5, 5.41) is 3.28. The maximum atomic E-state index is 4.68. The van der Waals surface area contributed by atoms with Crippen LogP contribution in [0.15, 0.2) is 42.7 Å². The summed E-state index contributed by atoms with van der Waals surface area (Å²) in [6, 6.07) is 10.6. The number of nitrogens with one attached hydrogen (secondary N) is 1. The first-order valence-electron chi connectivity index (χ1n) is 8.10. The van der Waals surface area contributed by atoms with E-state index in [9.17, 15) is 0 Å². The monoisotopic (exact) mass is 296 g/mol. The molecule has 2 aromatic rings. The third kappa shape index (κ3) is 3.63. The fraction of sp³-hybridized carbons (Fsp3) is 0.444. The van der Waals surface area contributed by atoms with Gasteiger partial charge in [-0.2, -0.15) is 0 Å². The SMILES string of the molecule is CC(C)CN1CCC[C@@H]1c1ccc(Nc2ccccn2)cn1. The molecule has 1 aliphatic heterocycles. The molecule has 1 saturated heterocycles. The second-order valence-corrected chi connectivity index (χ2v) is 6.36. The smallest absolute Gasteiger partial charge is 0.130 e. The first kappa shape index (κ1) is 15.0. The summed E-state index contributed by atoms with van der Waals surface area (Å²) in [5.41, 5.74) is 2.17. The summed E-state index contributed by atoms with van der Waals surface area (Å²) >= 11 is 0. The van der Waals surface area contributed by atoms with Crippen molar-refractivity contribution in [1.29, 1.82) is 0 Å². The van der Waals surface area contributed by atoms with Gasteiger partial charge in [0.05, 0.1) is 23.6 Å². The molecule has 22 heavy (non-hydrogen) atoms. The fourth-order valence-electron chi connectivity index (χ4n) is 3.11. The molecule has 0 aliphatic carbocycles. The maximum Gasteiger partial charge on any atom is 0.130 e. The zero-order valence-corrected chi connectivity index (χ0v) is 13.4. The quantitative estimate of drug-likeness (QED) is 0.905. The van der Waals surface area contributed by atoms with Crippen LogP contribution in [0.1, 0.15) is 38.4 Å². The van der Waals surface area contributed by atoms with Gasteiger partial charge in [0, 0.05) is 12.7 Å². The zero-order chi connectivity index (χ0) is 15.4. The average molecular weight is 296 g/mol. The molecule has 4 heteroatoms. The molecular formula is C18H24N4. The standard InChI is InChI=1S/C18H24N4/c1-14(2)13-22-11-5-6-17(22)16-9-8-15(12-20-16)21-18-7-3-4-10-19-18/h3-4,7-10,12,14,17H,5-6,11,13H2,1-2H3,(H,19,21)/t17-/m1/s1. The van der Waals surface area contributed by atoms with Crippen molar-refractivity contribution in [2.75, 3.05) is 18.4 Å². The van der Waals surface area contributed by atoms with Gasteiger partial charge in [-0.1, -0.05) is 19.9 Å². The van der Waals surface area contributed by atoms with Crippen molar-refractivity contribution in [2.45, 2.75) is 32.7 Å². The van der Waals surface area contributed by atoms with Gasteiger partial charge in [-0.05, 0) is 49.6 Å². The van der Waals surface area contributed by atoms with Crippen LogP contribution in [0.25, 0.3) is 0 Å². The van der Waals surface area contributed by atoms with E-state index < -0.39 is 0 Å². The van der Waals surface area contributed by atoms with Crippen LogP contribution < -0.4 is 5.32 Å². The number of aromatic nitrogens is 2. The first-order chi connectivity index (χ1) is 10.7. The Labute approximate surface area is 132 Å². The molecule has 1 fully saturated rings. The predicted octanol–water partition coefficient (Wildman–Crippen LogP) is 4.01. The Morgan fingerprint density at radius 2 is 2.14 bits per heavy atom. The second kappa shape index (κ2) is 6.88. The van der Waals surface area contributed by atoms with E-state index in [1.54, 1.807) is 6.20 Å². The number of pyridine rings is 2. The largest absolute Gasteiger partial charge is 0.339 e. The summed E-state index contributed by atoms with van der Waals surface area (Å²) in [5.74, 6) is 1.55. The molecule has 1 atom stereocenters. The van der Waals surface area contributed by atoms with Gasteiger partial charge in [0.25, 0.3) is 0 Å². The highest BCUT2D eigenvalue weighted by atomic mass is 15.2. The fourth-order valence-corrected chi connectivity index (χ4v) is 3.11. The summed E-state index contributed by atoms with van der Waals surface area (Å²) in [6.45, 7) is 6.91. The minimum absolute atomic E-state index is 0.478. The molecule has 116 valence electrons. The van der Waals surface area contributed by atoms with Crippen molar-refractivity contribution in [3.05, 3.63) is 48.4 Å². The Morgan fingerprint density at radius 1 is 1.23 bits per heavy atom. The number of hydrogen-bond acceptors (Lipinski definition) is 4. The molecule has 0 aromatic carbocycles. The molecule has 3 rings (SSSR count). The number of anilines is 2. The summed E-state index contributed by atoms with van der Waals surface area (Å²) in [6.07, 6.45) is 6.18. The lowest BCUT2D eigenvalue weighted by atomic mass is 10.1. The Morgan fingerprint density at radius 3 is 2.82 bits per heavy atom. The van der Waals surface area contributed by atoms with Crippen LogP contribution in [0.2, 0.25) is 0 Å². The molecule has 0 unspecified atom stereocenters. The van der Waals surface area contributed by atoms with Crippen LogP contribution in [-0.4, -0.2) is 28.0 Å². The summed E-state index contributed by atoms with van der Waals surface area (Å²) in [7, 11) is 0. The van der Waals surface area contributed by atoms with Gasteiger partial charge in [0.1, 0.15) is 5.82 Å². The van der Waals surface area contributed by atoms with Gasteiger partial charge in [-0.15, -0.1) is 0 Å². The van der Waals surface area contributed by atoms with Gasteiger partial charge in [-0.3, -0.25) is 9.88 Å². The Kier molecular flexibility index (Phi) is 4.68. The van der Waals surface area contributed by atoms with Crippen LogP contribution in [0, 0.1) is 5.92 Å². The Balaban J connectivity index is 1.68. The van der Waals surface area contributed by atoms with Gasteiger partial charge < -0.3 is 5.32 Å². The topological polar surface area (TPSA) is 41.0 Å². The number of nitrogens with zero attached hydrogens (tertiary/aromatic N) is 3. The zero-order valence-electron chi connectivity index (χ0n) is 13.4. The third-order valence-corrected chi connectivity index (χ3v) is 4.03. The van der Waals surface area contributed by atoms with E-state index in [0.29, 0.717) is 12.0 Å². The number of rotatable bonds is 5. The van der Waals surface area contributed by atoms with E-state index in [-0.39, 0.29) is 0 Å². The summed E-state index contributed by atoms with van der Waals surface area (Å²) < 4.78 is 0. The van der Waals surface area contributed by atoms with Crippen molar-refractivity contribution >= 4 is 11.5 Å². The molecule has 1 aliphatic rings. The molecule has 1 N–H and O–H groups in total. The number of likely N-dealkylation sites (tertiary alicyclic amines) is 1. The van der Waals surface area contributed by atoms with E-state index >= 15 is 0 Å². The third-order valence-electron chi connectivity index (χ3n) is 4.03. The Hall–Kier alpha value is -1.94. The normalized spacial score (nSPS) is 18.8. The molecule has 0 bridgehead atoms. The molecule has 0 radical (unpaired) electrons. The van der Waals surface area contributed by atoms with Crippen LogP contribution in [0.5, 0.6) is 0 Å². The Bertz CT molecular complexity index is 580. The maximum absolute atomic E-state index is 4.68. The lowest BCUT2D eigenvalue weighted by Gasteiger charge is -2.25. The van der Waals surface area contributed by atoms with E-state index in [2.05, 4.69) is 46.2 Å². The van der Waals surface area contributed by atoms with Crippen LogP contribution >= 0.6 is 0 Å². The highest BCUT2D eigenvalue weighted by Crippen LogP contribution is 2.31. The van der Waals surface area contributed by atoms with Crippen molar-refractivity contribution < 1.29 is 0 Å². The van der Waals surface area contributed by atoms with Crippen molar-refractivity contribution in [2.24, 2.45) is 5.92 Å². The second-order valence-electron chi connectivity index (χ2n) is 6.36. The van der Waals surface area contributed by atoms with Crippen LogP contribution in [0.4, 0.5) is 11.5 Å². The minimum Gasteiger partial charge on any atom is -0.339 e. The van der Waals surface area contributed by atoms with Gasteiger partial charge in [0.15, 0.2) is 0 Å². The van der Waals surface area contributed by atoms with E-state index in [1.807, 2.05) is 24.4 Å². The first-order valence-corrected chi connectivity index (χ1v) is 8.10. The molecule has 4 nitrogen and oxygen atoms in total. The average Bonchev–Trinajstić information content (AvgIpc) is 2.96. The van der Waals surface area contributed by atoms with E-state index in [4.69, 9.17) is 0 Å². The highest BCUT2D eigenvalue weighted by Gasteiger charge is 2.27. The van der Waals surface area contributed by atoms with Gasteiger partial charge >= 0.3 is 0 Å².